The molecular weight excluding hydrogens is 380 g/mol. The first-order valence-electron chi connectivity index (χ1n) is 10.3. The Morgan fingerprint density at radius 1 is 1.03 bits per heavy atom. The lowest BCUT2D eigenvalue weighted by atomic mass is 10.00. The van der Waals surface area contributed by atoms with E-state index in [0.29, 0.717) is 17.6 Å². The van der Waals surface area contributed by atoms with Crippen molar-refractivity contribution in [1.29, 1.82) is 0 Å². The maximum absolute atomic E-state index is 5.38. The van der Waals surface area contributed by atoms with E-state index in [4.69, 9.17) is 22.2 Å². The van der Waals surface area contributed by atoms with Crippen LogP contribution in [0.4, 0.5) is 17.6 Å². The highest BCUT2D eigenvalue weighted by Crippen LogP contribution is 2.28. The van der Waals surface area contributed by atoms with Gasteiger partial charge in [-0.2, -0.15) is 9.97 Å². The highest BCUT2D eigenvalue weighted by molar-refractivity contribution is 7.80. The standard InChI is InChI=1S/C22H28N6S/c1-2-11-23-22(29)26-21-24-19(27-12-6-3-7-13-27)15-20(25-21)28-14-10-17-8-4-5-9-18(17)16-28/h2,4-5,8-9,15H,1,3,6-7,10-14,16H2,(H2,23,24,25,26,29). The minimum Gasteiger partial charge on any atom is -0.359 e. The molecule has 0 saturated carbocycles. The van der Waals surface area contributed by atoms with E-state index < -0.39 is 0 Å². The summed E-state index contributed by atoms with van der Waals surface area (Å²) in [6.45, 7) is 8.21. The first-order valence-corrected chi connectivity index (χ1v) is 10.8. The topological polar surface area (TPSA) is 56.3 Å². The Labute approximate surface area is 178 Å². The summed E-state index contributed by atoms with van der Waals surface area (Å²) >= 11 is 5.38. The summed E-state index contributed by atoms with van der Waals surface area (Å²) in [5, 5.41) is 6.75. The molecule has 1 aromatic heterocycles. The monoisotopic (exact) mass is 408 g/mol. The molecule has 1 saturated heterocycles. The van der Waals surface area contributed by atoms with Crippen LogP contribution in [0.25, 0.3) is 0 Å². The number of hydrogen-bond acceptors (Lipinski definition) is 5. The Balaban J connectivity index is 1.60. The third-order valence-electron chi connectivity index (χ3n) is 5.47. The molecule has 2 aliphatic rings. The van der Waals surface area contributed by atoms with Crippen LogP contribution in [-0.2, 0) is 13.0 Å². The van der Waals surface area contributed by atoms with E-state index in [1.54, 1.807) is 6.08 Å². The molecule has 6 nitrogen and oxygen atoms in total. The minimum absolute atomic E-state index is 0.510. The first kappa shape index (κ1) is 19.6. The average Bonchev–Trinajstić information content (AvgIpc) is 2.77. The first-order chi connectivity index (χ1) is 14.2. The van der Waals surface area contributed by atoms with Gasteiger partial charge in [-0.05, 0) is 49.0 Å². The number of piperidine rings is 1. The number of nitrogens with zero attached hydrogens (tertiary/aromatic N) is 4. The summed E-state index contributed by atoms with van der Waals surface area (Å²) in [5.41, 5.74) is 2.80. The van der Waals surface area contributed by atoms with Crippen LogP contribution in [-0.4, -0.2) is 41.3 Å². The quantitative estimate of drug-likeness (QED) is 0.580. The van der Waals surface area contributed by atoms with Crippen molar-refractivity contribution in [3.05, 3.63) is 54.1 Å². The number of thiocarbonyl (C=S) groups is 1. The predicted molar refractivity (Wildman–Crippen MR) is 124 cm³/mol. The van der Waals surface area contributed by atoms with Crippen molar-refractivity contribution in [3.63, 3.8) is 0 Å². The van der Waals surface area contributed by atoms with Crippen molar-refractivity contribution in [2.45, 2.75) is 32.2 Å². The van der Waals surface area contributed by atoms with E-state index >= 15 is 0 Å². The second-order valence-corrected chi connectivity index (χ2v) is 7.93. The van der Waals surface area contributed by atoms with Crippen molar-refractivity contribution in [1.82, 2.24) is 15.3 Å². The lowest BCUT2D eigenvalue weighted by Crippen LogP contribution is -2.34. The van der Waals surface area contributed by atoms with Gasteiger partial charge >= 0.3 is 0 Å². The number of hydrogen-bond donors (Lipinski definition) is 2. The summed E-state index contributed by atoms with van der Waals surface area (Å²) in [7, 11) is 0. The zero-order valence-corrected chi connectivity index (χ0v) is 17.5. The van der Waals surface area contributed by atoms with Crippen LogP contribution in [0.1, 0.15) is 30.4 Å². The fourth-order valence-electron chi connectivity index (χ4n) is 3.93. The molecule has 4 rings (SSSR count). The van der Waals surface area contributed by atoms with Crippen molar-refractivity contribution < 1.29 is 0 Å². The summed E-state index contributed by atoms with van der Waals surface area (Å²) in [6, 6.07) is 10.8. The number of benzene rings is 1. The van der Waals surface area contributed by atoms with Gasteiger partial charge in [0.15, 0.2) is 5.11 Å². The molecule has 0 spiro atoms. The Kier molecular flexibility index (Phi) is 6.24. The Morgan fingerprint density at radius 3 is 2.52 bits per heavy atom. The van der Waals surface area contributed by atoms with Gasteiger partial charge in [0.25, 0.3) is 0 Å². The Hall–Kier alpha value is -2.67. The molecule has 3 heterocycles. The highest BCUT2D eigenvalue weighted by Gasteiger charge is 2.21. The lowest BCUT2D eigenvalue weighted by Gasteiger charge is -2.32. The molecule has 2 aliphatic heterocycles. The van der Waals surface area contributed by atoms with Crippen LogP contribution in [0.15, 0.2) is 43.0 Å². The van der Waals surface area contributed by atoms with Gasteiger partial charge in [0, 0.05) is 38.8 Å². The fourth-order valence-corrected chi connectivity index (χ4v) is 4.10. The molecule has 152 valence electrons. The Morgan fingerprint density at radius 2 is 1.76 bits per heavy atom. The van der Waals surface area contributed by atoms with Gasteiger partial charge < -0.3 is 20.4 Å². The predicted octanol–water partition coefficient (Wildman–Crippen LogP) is 3.50. The fraction of sp³-hybridized carbons (Fsp3) is 0.409. The van der Waals surface area contributed by atoms with Crippen LogP contribution in [0.5, 0.6) is 0 Å². The smallest absolute Gasteiger partial charge is 0.232 e. The number of fused-ring (bicyclic) bond motifs is 1. The zero-order valence-electron chi connectivity index (χ0n) is 16.7. The molecule has 2 N–H and O–H groups in total. The van der Waals surface area contributed by atoms with Gasteiger partial charge in [0.1, 0.15) is 11.6 Å². The molecule has 2 aromatic rings. The summed E-state index contributed by atoms with van der Waals surface area (Å²) < 4.78 is 0. The molecule has 1 aromatic carbocycles. The van der Waals surface area contributed by atoms with Gasteiger partial charge in [-0.3, -0.25) is 0 Å². The zero-order chi connectivity index (χ0) is 20.1. The van der Waals surface area contributed by atoms with E-state index in [0.717, 1.165) is 44.2 Å². The average molecular weight is 409 g/mol. The Bertz CT molecular complexity index is 877. The maximum Gasteiger partial charge on any atom is 0.232 e. The van der Waals surface area contributed by atoms with Crippen LogP contribution in [0.2, 0.25) is 0 Å². The van der Waals surface area contributed by atoms with Gasteiger partial charge in [0.2, 0.25) is 5.95 Å². The van der Waals surface area contributed by atoms with Gasteiger partial charge in [-0.1, -0.05) is 30.3 Å². The largest absolute Gasteiger partial charge is 0.359 e. The second kappa shape index (κ2) is 9.22. The number of anilines is 3. The van der Waals surface area contributed by atoms with Crippen LogP contribution < -0.4 is 20.4 Å². The van der Waals surface area contributed by atoms with Gasteiger partial charge in [-0.15, -0.1) is 6.58 Å². The van der Waals surface area contributed by atoms with Crippen LogP contribution >= 0.6 is 12.2 Å². The van der Waals surface area contributed by atoms with Crippen LogP contribution in [0, 0.1) is 0 Å². The van der Waals surface area contributed by atoms with E-state index in [1.165, 1.54) is 30.4 Å². The molecule has 0 aliphatic carbocycles. The van der Waals surface area contributed by atoms with Gasteiger partial charge in [0.05, 0.1) is 0 Å². The SMILES string of the molecule is C=CCNC(=S)Nc1nc(N2CCCCC2)cc(N2CCc3ccccc3C2)n1. The van der Waals surface area contributed by atoms with E-state index in [2.05, 4.69) is 57.3 Å². The molecule has 0 radical (unpaired) electrons. The van der Waals surface area contributed by atoms with Gasteiger partial charge in [-0.25, -0.2) is 0 Å². The normalized spacial score (nSPS) is 16.1. The van der Waals surface area contributed by atoms with Crippen molar-refractivity contribution in [2.24, 2.45) is 0 Å². The third kappa shape index (κ3) is 4.85. The number of nitrogens with one attached hydrogen (secondary N) is 2. The van der Waals surface area contributed by atoms with E-state index in [9.17, 15) is 0 Å². The minimum atomic E-state index is 0.510. The molecule has 0 atom stereocenters. The van der Waals surface area contributed by atoms with Crippen molar-refractivity contribution in [2.75, 3.05) is 41.3 Å². The molecule has 0 bridgehead atoms. The molecule has 7 heteroatoms. The third-order valence-corrected chi connectivity index (χ3v) is 5.71. The number of aromatic nitrogens is 2. The summed E-state index contributed by atoms with van der Waals surface area (Å²) in [4.78, 5) is 14.3. The number of rotatable bonds is 5. The van der Waals surface area contributed by atoms with E-state index in [1.807, 2.05) is 0 Å². The molecule has 0 unspecified atom stereocenters. The molecule has 0 amide bonds. The summed E-state index contributed by atoms with van der Waals surface area (Å²) in [5.74, 6) is 2.47. The van der Waals surface area contributed by atoms with E-state index in [-0.39, 0.29) is 0 Å². The maximum atomic E-state index is 5.38. The molecule has 1 fully saturated rings. The summed E-state index contributed by atoms with van der Waals surface area (Å²) in [6.07, 6.45) is 6.51. The molecular formula is C22H28N6S. The highest BCUT2D eigenvalue weighted by atomic mass is 32.1. The molecule has 29 heavy (non-hydrogen) atoms. The lowest BCUT2D eigenvalue weighted by molar-refractivity contribution is 0.573. The van der Waals surface area contributed by atoms with Crippen LogP contribution in [0.3, 0.4) is 0 Å². The second-order valence-electron chi connectivity index (χ2n) is 7.52. The van der Waals surface area contributed by atoms with Crippen molar-refractivity contribution >= 4 is 34.9 Å². The van der Waals surface area contributed by atoms with Crippen molar-refractivity contribution in [3.8, 4) is 0 Å².